The van der Waals surface area contributed by atoms with E-state index in [0.29, 0.717) is 25.9 Å². The molecular weight excluding hydrogens is 392 g/mol. The van der Waals surface area contributed by atoms with Gasteiger partial charge in [-0.25, -0.2) is 9.78 Å². The van der Waals surface area contributed by atoms with Crippen molar-refractivity contribution >= 4 is 17.8 Å². The van der Waals surface area contributed by atoms with Gasteiger partial charge in [-0.1, -0.05) is 6.92 Å². The van der Waals surface area contributed by atoms with E-state index in [1.807, 2.05) is 13.8 Å². The van der Waals surface area contributed by atoms with Crippen LogP contribution >= 0.6 is 0 Å². The molecule has 0 spiro atoms. The molecule has 1 N–H and O–H groups in total. The van der Waals surface area contributed by atoms with Crippen molar-refractivity contribution in [3.8, 4) is 11.5 Å². The van der Waals surface area contributed by atoms with Crippen molar-refractivity contribution in [1.29, 1.82) is 0 Å². The van der Waals surface area contributed by atoms with Gasteiger partial charge in [-0.3, -0.25) is 9.59 Å². The minimum absolute atomic E-state index is 0.0119. The Labute approximate surface area is 176 Å². The van der Waals surface area contributed by atoms with E-state index in [2.05, 4.69) is 10.3 Å². The van der Waals surface area contributed by atoms with Gasteiger partial charge in [-0.15, -0.1) is 0 Å². The molecule has 2 heterocycles. The fourth-order valence-electron chi connectivity index (χ4n) is 3.27. The summed E-state index contributed by atoms with van der Waals surface area (Å²) >= 11 is 0. The average molecular weight is 422 g/mol. The Hall–Kier alpha value is -2.68. The van der Waals surface area contributed by atoms with Crippen LogP contribution in [0, 0.1) is 0 Å². The number of pyridine rings is 1. The number of ether oxygens (including phenoxy) is 4. The fraction of sp³-hybridized carbons (Fsp3) is 0.619. The van der Waals surface area contributed by atoms with Crippen LogP contribution in [0.3, 0.4) is 0 Å². The first-order valence-corrected chi connectivity index (χ1v) is 10.2. The molecule has 1 saturated heterocycles. The number of nitrogens with one attached hydrogen (secondary N) is 1. The lowest BCUT2D eigenvalue weighted by molar-refractivity contribution is -0.151. The van der Waals surface area contributed by atoms with Crippen LogP contribution in [0.1, 0.15) is 63.4 Å². The number of carbonyl (C=O) groups is 3. The summed E-state index contributed by atoms with van der Waals surface area (Å²) in [7, 11) is 1.39. The Morgan fingerprint density at radius 1 is 1.33 bits per heavy atom. The van der Waals surface area contributed by atoms with Gasteiger partial charge >= 0.3 is 11.9 Å². The van der Waals surface area contributed by atoms with Crippen molar-refractivity contribution in [2.45, 2.75) is 71.1 Å². The van der Waals surface area contributed by atoms with Gasteiger partial charge in [0.05, 0.1) is 13.2 Å². The van der Waals surface area contributed by atoms with Gasteiger partial charge in [0.15, 0.2) is 11.4 Å². The minimum Gasteiger partial charge on any atom is -0.493 e. The summed E-state index contributed by atoms with van der Waals surface area (Å²) in [5, 5.41) is 2.66. The number of nitrogens with zero attached hydrogens (tertiary/aromatic N) is 1. The molecule has 0 aliphatic carbocycles. The largest absolute Gasteiger partial charge is 0.493 e. The molecule has 1 aliphatic heterocycles. The molecule has 3 atom stereocenters. The third-order valence-electron chi connectivity index (χ3n) is 4.63. The lowest BCUT2D eigenvalue weighted by Gasteiger charge is -2.21. The van der Waals surface area contributed by atoms with E-state index in [-0.39, 0.29) is 29.4 Å². The first kappa shape index (κ1) is 23.6. The van der Waals surface area contributed by atoms with E-state index in [4.69, 9.17) is 18.9 Å². The van der Waals surface area contributed by atoms with Crippen molar-refractivity contribution < 1.29 is 33.3 Å². The second-order valence-corrected chi connectivity index (χ2v) is 7.22. The first-order valence-electron chi connectivity index (χ1n) is 10.2. The normalized spacial score (nSPS) is 22.1. The van der Waals surface area contributed by atoms with Gasteiger partial charge < -0.3 is 24.3 Å². The molecule has 1 aliphatic rings. The molecule has 0 bridgehead atoms. The Kier molecular flexibility index (Phi) is 9.04. The summed E-state index contributed by atoms with van der Waals surface area (Å²) in [6, 6.07) is 0.629. The minimum atomic E-state index is -0.844. The molecule has 1 fully saturated rings. The molecule has 0 aromatic carbocycles. The van der Waals surface area contributed by atoms with Crippen molar-refractivity contribution in [3.05, 3.63) is 18.0 Å². The van der Waals surface area contributed by atoms with E-state index in [0.717, 1.165) is 12.8 Å². The van der Waals surface area contributed by atoms with E-state index in [1.165, 1.54) is 26.3 Å². The van der Waals surface area contributed by atoms with E-state index in [1.54, 1.807) is 0 Å². The average Bonchev–Trinajstić information content (AvgIpc) is 2.75. The van der Waals surface area contributed by atoms with Crippen LogP contribution in [-0.2, 0) is 19.1 Å². The number of hydrogen-bond acceptors (Lipinski definition) is 8. The zero-order valence-electron chi connectivity index (χ0n) is 17.9. The van der Waals surface area contributed by atoms with Gasteiger partial charge in [-0.05, 0) is 32.6 Å². The quantitative estimate of drug-likeness (QED) is 0.667. The third kappa shape index (κ3) is 6.69. The Morgan fingerprint density at radius 3 is 2.77 bits per heavy atom. The zero-order valence-corrected chi connectivity index (χ0v) is 17.9. The Bertz CT molecular complexity index is 753. The lowest BCUT2D eigenvalue weighted by Crippen LogP contribution is -2.43. The Morgan fingerprint density at radius 2 is 2.10 bits per heavy atom. The van der Waals surface area contributed by atoms with Crippen molar-refractivity contribution in [1.82, 2.24) is 10.3 Å². The second-order valence-electron chi connectivity index (χ2n) is 7.22. The van der Waals surface area contributed by atoms with Gasteiger partial charge in [0, 0.05) is 32.2 Å². The lowest BCUT2D eigenvalue weighted by atomic mass is 10.0. The molecule has 0 radical (unpaired) electrons. The highest BCUT2D eigenvalue weighted by Gasteiger charge is 2.30. The molecule has 1 aromatic rings. The van der Waals surface area contributed by atoms with Crippen molar-refractivity contribution in [3.63, 3.8) is 0 Å². The highest BCUT2D eigenvalue weighted by atomic mass is 16.6. The maximum atomic E-state index is 12.8. The SMILES string of the molecule is CCCOC1CCC[C@H](NC(=O)c2nccc(OC)c2OC(C)=O)C(=O)OC(C)C1. The van der Waals surface area contributed by atoms with Crippen LogP contribution in [0.15, 0.2) is 12.3 Å². The number of amides is 1. The van der Waals surface area contributed by atoms with Crippen molar-refractivity contribution in [2.75, 3.05) is 13.7 Å². The van der Waals surface area contributed by atoms with Gasteiger partial charge in [-0.2, -0.15) is 0 Å². The summed E-state index contributed by atoms with van der Waals surface area (Å²) < 4.78 is 21.6. The number of esters is 2. The van der Waals surface area contributed by atoms with Gasteiger partial charge in [0.2, 0.25) is 5.75 Å². The van der Waals surface area contributed by atoms with Gasteiger partial charge in [0.25, 0.3) is 5.91 Å². The maximum Gasteiger partial charge on any atom is 0.328 e. The molecule has 9 heteroatoms. The third-order valence-corrected chi connectivity index (χ3v) is 4.63. The molecule has 1 amide bonds. The monoisotopic (exact) mass is 422 g/mol. The Balaban J connectivity index is 2.15. The summed E-state index contributed by atoms with van der Waals surface area (Å²) in [6.45, 7) is 5.72. The number of carbonyl (C=O) groups excluding carboxylic acids is 3. The zero-order chi connectivity index (χ0) is 22.1. The number of aromatic nitrogens is 1. The molecule has 9 nitrogen and oxygen atoms in total. The van der Waals surface area contributed by atoms with E-state index in [9.17, 15) is 14.4 Å². The maximum absolute atomic E-state index is 12.8. The summed E-state index contributed by atoms with van der Waals surface area (Å²) in [4.78, 5) is 40.9. The predicted molar refractivity (Wildman–Crippen MR) is 107 cm³/mol. The molecule has 0 saturated carbocycles. The predicted octanol–water partition coefficient (Wildman–Crippen LogP) is 2.41. The molecule has 2 rings (SSSR count). The van der Waals surface area contributed by atoms with Gasteiger partial charge in [0.1, 0.15) is 12.1 Å². The van der Waals surface area contributed by atoms with Crippen LogP contribution in [-0.4, -0.2) is 54.8 Å². The van der Waals surface area contributed by atoms with Crippen LogP contribution in [0.4, 0.5) is 0 Å². The number of cyclic esters (lactones) is 1. The van der Waals surface area contributed by atoms with Crippen LogP contribution in [0.2, 0.25) is 0 Å². The van der Waals surface area contributed by atoms with E-state index < -0.39 is 23.9 Å². The summed E-state index contributed by atoms with van der Waals surface area (Å²) in [6.07, 6.45) is 4.42. The molecule has 30 heavy (non-hydrogen) atoms. The van der Waals surface area contributed by atoms with Crippen molar-refractivity contribution in [2.24, 2.45) is 0 Å². The summed E-state index contributed by atoms with van der Waals surface area (Å²) in [5.41, 5.74) is -0.144. The van der Waals surface area contributed by atoms with E-state index >= 15 is 0 Å². The molecule has 1 aromatic heterocycles. The second kappa shape index (κ2) is 11.5. The highest BCUT2D eigenvalue weighted by Crippen LogP contribution is 2.30. The standard InChI is InChI=1S/C21H30N2O7/c1-5-11-28-15-7-6-8-16(21(26)29-13(2)12-15)23-20(25)18-19(30-14(3)24)17(27-4)9-10-22-18/h9-10,13,15-16H,5-8,11-12H2,1-4H3,(H,23,25)/t13?,15?,16-/m0/s1. The van der Waals surface area contributed by atoms with Crippen LogP contribution in [0.25, 0.3) is 0 Å². The van der Waals surface area contributed by atoms with Crippen LogP contribution < -0.4 is 14.8 Å². The van der Waals surface area contributed by atoms with Crippen LogP contribution in [0.5, 0.6) is 11.5 Å². The molecule has 166 valence electrons. The fourth-order valence-corrected chi connectivity index (χ4v) is 3.27. The smallest absolute Gasteiger partial charge is 0.328 e. The summed E-state index contributed by atoms with van der Waals surface area (Å²) in [5.74, 6) is -1.69. The number of rotatable bonds is 7. The molecule has 2 unspecified atom stereocenters. The first-order chi connectivity index (χ1) is 14.3. The topological polar surface area (TPSA) is 113 Å². The molecular formula is C21H30N2O7. The number of hydrogen-bond donors (Lipinski definition) is 1. The number of methoxy groups -OCH3 is 1. The highest BCUT2D eigenvalue weighted by molar-refractivity contribution is 5.98.